The lowest BCUT2D eigenvalue weighted by Crippen LogP contribution is -2.34. The van der Waals surface area contributed by atoms with Crippen LogP contribution in [0, 0.1) is 0 Å². The van der Waals surface area contributed by atoms with Gasteiger partial charge in [-0.1, -0.05) is 6.07 Å². The Morgan fingerprint density at radius 3 is 2.88 bits per heavy atom. The van der Waals surface area contributed by atoms with Gasteiger partial charge >= 0.3 is 6.03 Å². The van der Waals surface area contributed by atoms with E-state index in [1.807, 2.05) is 0 Å². The number of carbonyl (C=O) groups is 2. The Morgan fingerprint density at radius 2 is 2.24 bits per heavy atom. The van der Waals surface area contributed by atoms with E-state index in [4.69, 9.17) is 10.5 Å². The average Bonchev–Trinajstić information content (AvgIpc) is 2.55. The van der Waals surface area contributed by atoms with Crippen LogP contribution in [0.3, 0.4) is 0 Å². The number of hydrogen-bond donors (Lipinski definition) is 2. The van der Waals surface area contributed by atoms with Gasteiger partial charge in [0.15, 0.2) is 0 Å². The van der Waals surface area contributed by atoms with Crippen LogP contribution in [0.25, 0.3) is 0 Å². The van der Waals surface area contributed by atoms with Crippen molar-refractivity contribution in [1.82, 2.24) is 5.32 Å². The van der Waals surface area contributed by atoms with Crippen molar-refractivity contribution in [2.45, 2.75) is 6.04 Å². The summed E-state index contributed by atoms with van der Waals surface area (Å²) in [5, 5.41) is 2.54. The minimum atomic E-state index is -0.631. The van der Waals surface area contributed by atoms with Crippen LogP contribution in [0.4, 0.5) is 16.2 Å². The normalized spacial score (nSPS) is 19.6. The summed E-state index contributed by atoms with van der Waals surface area (Å²) in [7, 11) is 1.47. The van der Waals surface area contributed by atoms with Crippen LogP contribution in [0.1, 0.15) is 0 Å². The second-order valence-corrected chi connectivity index (χ2v) is 3.73. The van der Waals surface area contributed by atoms with Gasteiger partial charge in [0.25, 0.3) is 5.91 Å². The number of carbonyl (C=O) groups excluding carboxylic acids is 2. The zero-order chi connectivity index (χ0) is 12.4. The minimum Gasteiger partial charge on any atom is -0.399 e. The predicted molar refractivity (Wildman–Crippen MR) is 62.5 cm³/mol. The van der Waals surface area contributed by atoms with Crippen LogP contribution in [0.15, 0.2) is 24.3 Å². The molecule has 0 saturated carbocycles. The molecule has 0 aromatic heterocycles. The average molecular weight is 235 g/mol. The van der Waals surface area contributed by atoms with Crippen LogP contribution in [0.5, 0.6) is 0 Å². The summed E-state index contributed by atoms with van der Waals surface area (Å²) in [4.78, 5) is 24.7. The fourth-order valence-corrected chi connectivity index (χ4v) is 1.72. The van der Waals surface area contributed by atoms with Gasteiger partial charge in [0.2, 0.25) is 0 Å². The molecule has 1 aromatic carbocycles. The summed E-state index contributed by atoms with van der Waals surface area (Å²) in [6.45, 7) is 0.156. The molecular weight excluding hydrogens is 222 g/mol. The number of amides is 3. The largest absolute Gasteiger partial charge is 0.399 e. The highest BCUT2D eigenvalue weighted by atomic mass is 16.5. The maximum Gasteiger partial charge on any atom is 0.329 e. The lowest BCUT2D eigenvalue weighted by Gasteiger charge is -2.13. The number of imide groups is 1. The number of urea groups is 1. The molecule has 1 aliphatic heterocycles. The van der Waals surface area contributed by atoms with E-state index in [0.29, 0.717) is 11.4 Å². The number of nitrogens with one attached hydrogen (secondary N) is 1. The topological polar surface area (TPSA) is 84.7 Å². The van der Waals surface area contributed by atoms with Crippen molar-refractivity contribution in [3.63, 3.8) is 0 Å². The molecule has 6 nitrogen and oxygen atoms in total. The zero-order valence-corrected chi connectivity index (χ0v) is 9.34. The summed E-state index contributed by atoms with van der Waals surface area (Å²) in [6.07, 6.45) is 0. The predicted octanol–water partition coefficient (Wildman–Crippen LogP) is 0.340. The highest BCUT2D eigenvalue weighted by Gasteiger charge is 2.38. The first kappa shape index (κ1) is 11.4. The van der Waals surface area contributed by atoms with E-state index < -0.39 is 12.1 Å². The van der Waals surface area contributed by atoms with E-state index in [1.54, 1.807) is 24.3 Å². The molecule has 0 radical (unpaired) electrons. The summed E-state index contributed by atoms with van der Waals surface area (Å²) in [5.41, 5.74) is 6.58. The van der Waals surface area contributed by atoms with Gasteiger partial charge in [-0.05, 0) is 18.2 Å². The molecule has 2 rings (SSSR count). The molecule has 1 saturated heterocycles. The first-order valence-electron chi connectivity index (χ1n) is 5.12. The van der Waals surface area contributed by atoms with E-state index in [9.17, 15) is 9.59 Å². The molecule has 1 unspecified atom stereocenters. The van der Waals surface area contributed by atoms with Gasteiger partial charge in [0, 0.05) is 12.8 Å². The molecule has 6 heteroatoms. The Balaban J connectivity index is 2.27. The van der Waals surface area contributed by atoms with Crippen LogP contribution in [-0.2, 0) is 9.53 Å². The molecule has 1 aromatic rings. The molecule has 1 heterocycles. The van der Waals surface area contributed by atoms with Gasteiger partial charge in [-0.25, -0.2) is 9.69 Å². The van der Waals surface area contributed by atoms with E-state index in [1.165, 1.54) is 7.11 Å². The number of ether oxygens (including phenoxy) is 1. The third kappa shape index (κ3) is 2.07. The van der Waals surface area contributed by atoms with Gasteiger partial charge in [-0.3, -0.25) is 4.79 Å². The van der Waals surface area contributed by atoms with Crippen molar-refractivity contribution in [3.8, 4) is 0 Å². The molecule has 1 fully saturated rings. The Labute approximate surface area is 98.3 Å². The molecule has 1 atom stereocenters. The van der Waals surface area contributed by atoms with Crippen molar-refractivity contribution < 1.29 is 14.3 Å². The van der Waals surface area contributed by atoms with Crippen LogP contribution >= 0.6 is 0 Å². The molecule has 17 heavy (non-hydrogen) atoms. The Bertz CT molecular complexity index is 461. The lowest BCUT2D eigenvalue weighted by molar-refractivity contribution is -0.119. The maximum atomic E-state index is 11.9. The summed E-state index contributed by atoms with van der Waals surface area (Å²) < 4.78 is 4.87. The summed E-state index contributed by atoms with van der Waals surface area (Å²) >= 11 is 0. The number of nitrogen functional groups attached to an aromatic ring is 1. The highest BCUT2D eigenvalue weighted by Crippen LogP contribution is 2.21. The molecule has 1 aliphatic rings. The Hall–Kier alpha value is -2.08. The highest BCUT2D eigenvalue weighted by molar-refractivity contribution is 6.21. The Kier molecular flexibility index (Phi) is 2.97. The lowest BCUT2D eigenvalue weighted by atomic mass is 10.2. The van der Waals surface area contributed by atoms with Crippen LogP contribution in [-0.4, -0.2) is 31.7 Å². The fourth-order valence-electron chi connectivity index (χ4n) is 1.72. The van der Waals surface area contributed by atoms with E-state index in [-0.39, 0.29) is 12.5 Å². The monoisotopic (exact) mass is 235 g/mol. The molecule has 0 spiro atoms. The quantitative estimate of drug-likeness (QED) is 0.584. The first-order valence-corrected chi connectivity index (χ1v) is 5.12. The number of hydrogen-bond acceptors (Lipinski definition) is 4. The van der Waals surface area contributed by atoms with E-state index >= 15 is 0 Å². The standard InChI is InChI=1S/C11H13N3O3/c1-17-6-9-10(15)14(11(16)13-9)8-4-2-3-7(12)5-8/h2-5,9H,6,12H2,1H3,(H,13,16). The van der Waals surface area contributed by atoms with E-state index in [0.717, 1.165) is 4.90 Å². The fraction of sp³-hybridized carbons (Fsp3) is 0.273. The third-order valence-corrected chi connectivity index (χ3v) is 2.48. The maximum absolute atomic E-state index is 11.9. The number of rotatable bonds is 3. The number of benzene rings is 1. The molecular formula is C11H13N3O3. The number of anilines is 2. The molecule has 3 amide bonds. The molecule has 90 valence electrons. The molecule has 0 bridgehead atoms. The smallest absolute Gasteiger partial charge is 0.329 e. The second kappa shape index (κ2) is 4.42. The van der Waals surface area contributed by atoms with Crippen LogP contribution < -0.4 is 16.0 Å². The van der Waals surface area contributed by atoms with Gasteiger partial charge in [0.1, 0.15) is 6.04 Å². The molecule has 0 aliphatic carbocycles. The van der Waals surface area contributed by atoms with Gasteiger partial charge < -0.3 is 15.8 Å². The van der Waals surface area contributed by atoms with Crippen LogP contribution in [0.2, 0.25) is 0 Å². The molecule has 3 N–H and O–H groups in total. The number of nitrogens with two attached hydrogens (primary N) is 1. The number of nitrogens with zero attached hydrogens (tertiary/aromatic N) is 1. The summed E-state index contributed by atoms with van der Waals surface area (Å²) in [6, 6.07) is 5.52. The SMILES string of the molecule is COCC1NC(=O)N(c2cccc(N)c2)C1=O. The van der Waals surface area contributed by atoms with Crippen molar-refractivity contribution in [2.24, 2.45) is 0 Å². The van der Waals surface area contributed by atoms with Crippen molar-refractivity contribution in [1.29, 1.82) is 0 Å². The number of methoxy groups -OCH3 is 1. The zero-order valence-electron chi connectivity index (χ0n) is 9.34. The van der Waals surface area contributed by atoms with Gasteiger partial charge in [-0.2, -0.15) is 0 Å². The summed E-state index contributed by atoms with van der Waals surface area (Å²) in [5.74, 6) is -0.331. The van der Waals surface area contributed by atoms with Crippen molar-refractivity contribution >= 4 is 23.3 Å². The minimum absolute atomic E-state index is 0.156. The second-order valence-electron chi connectivity index (χ2n) is 3.73. The van der Waals surface area contributed by atoms with Crippen molar-refractivity contribution in [3.05, 3.63) is 24.3 Å². The Morgan fingerprint density at radius 1 is 1.47 bits per heavy atom. The third-order valence-electron chi connectivity index (χ3n) is 2.48. The first-order chi connectivity index (χ1) is 8.13. The van der Waals surface area contributed by atoms with Gasteiger partial charge in [-0.15, -0.1) is 0 Å². The van der Waals surface area contributed by atoms with Gasteiger partial charge in [0.05, 0.1) is 12.3 Å². The van der Waals surface area contributed by atoms with E-state index in [2.05, 4.69) is 5.32 Å². The van der Waals surface area contributed by atoms with Crippen molar-refractivity contribution in [2.75, 3.05) is 24.4 Å².